The van der Waals surface area contributed by atoms with Crippen LogP contribution in [-0.2, 0) is 23.2 Å². The molecule has 22 heavy (non-hydrogen) atoms. The maximum absolute atomic E-state index is 13.0. The largest absolute Gasteiger partial charge is 0.416 e. The molecule has 1 heterocycles. The first kappa shape index (κ1) is 16.4. The highest BCUT2D eigenvalue weighted by Crippen LogP contribution is 2.34. The van der Waals surface area contributed by atoms with E-state index in [0.29, 0.717) is 0 Å². The van der Waals surface area contributed by atoms with E-state index in [4.69, 9.17) is 0 Å². The topological polar surface area (TPSA) is 89.8 Å². The lowest BCUT2D eigenvalue weighted by Gasteiger charge is -2.18. The van der Waals surface area contributed by atoms with E-state index in [9.17, 15) is 21.6 Å². The van der Waals surface area contributed by atoms with E-state index >= 15 is 0 Å². The Labute approximate surface area is 124 Å². The Morgan fingerprint density at radius 3 is 2.45 bits per heavy atom. The molecule has 0 bridgehead atoms. The smallest absolute Gasteiger partial charge is 0.204 e. The number of nitrogens with zero attached hydrogens (tertiary/aromatic N) is 4. The molecule has 0 radical (unpaired) electrons. The van der Waals surface area contributed by atoms with Gasteiger partial charge in [-0.1, -0.05) is 23.3 Å². The maximum Gasteiger partial charge on any atom is 0.416 e. The normalized spacial score (nSPS) is 14.0. The van der Waals surface area contributed by atoms with Crippen LogP contribution in [0.1, 0.15) is 24.1 Å². The third kappa shape index (κ3) is 3.42. The zero-order chi connectivity index (χ0) is 16.5. The van der Waals surface area contributed by atoms with Crippen molar-refractivity contribution in [1.82, 2.24) is 24.9 Å². The van der Waals surface area contributed by atoms with Gasteiger partial charge in [0, 0.05) is 6.04 Å². The van der Waals surface area contributed by atoms with Gasteiger partial charge in [-0.3, -0.25) is 0 Å². The van der Waals surface area contributed by atoms with Gasteiger partial charge >= 0.3 is 11.3 Å². The fourth-order valence-electron chi connectivity index (χ4n) is 1.86. The van der Waals surface area contributed by atoms with Crippen molar-refractivity contribution in [2.45, 2.75) is 24.3 Å². The maximum atomic E-state index is 13.0. The number of benzene rings is 1. The number of hydrogen-bond acceptors (Lipinski definition) is 5. The van der Waals surface area contributed by atoms with Gasteiger partial charge in [-0.25, -0.2) is 13.1 Å². The highest BCUT2D eigenvalue weighted by Gasteiger charge is 2.35. The average molecular weight is 335 g/mol. The van der Waals surface area contributed by atoms with Crippen LogP contribution in [0.25, 0.3) is 0 Å². The third-order valence-electron chi connectivity index (χ3n) is 2.79. The molecule has 1 N–H and O–H groups in total. The highest BCUT2D eigenvalue weighted by molar-refractivity contribution is 7.89. The van der Waals surface area contributed by atoms with Crippen LogP contribution in [0.3, 0.4) is 0 Å². The fraction of sp³-hybridized carbons (Fsp3) is 0.364. The number of tetrazole rings is 1. The predicted octanol–water partition coefficient (Wildman–Crippen LogP) is 1.27. The molecule has 0 aliphatic heterocycles. The zero-order valence-corrected chi connectivity index (χ0v) is 12.4. The first-order valence-electron chi connectivity index (χ1n) is 6.04. The van der Waals surface area contributed by atoms with Gasteiger partial charge < -0.3 is 0 Å². The molecule has 0 saturated heterocycles. The van der Waals surface area contributed by atoms with Crippen molar-refractivity contribution in [2.75, 3.05) is 0 Å². The third-order valence-corrected chi connectivity index (χ3v) is 4.10. The number of rotatable bonds is 4. The van der Waals surface area contributed by atoms with Crippen LogP contribution in [0.15, 0.2) is 29.4 Å². The lowest BCUT2D eigenvalue weighted by Crippen LogP contribution is -2.29. The Balaban J connectivity index is 2.32. The summed E-state index contributed by atoms with van der Waals surface area (Å²) in [5.74, 6) is 0. The predicted molar refractivity (Wildman–Crippen MR) is 69.0 cm³/mol. The van der Waals surface area contributed by atoms with E-state index in [1.165, 1.54) is 32.2 Å². The summed E-state index contributed by atoms with van der Waals surface area (Å²) in [7, 11) is -2.80. The number of alkyl halides is 3. The molecular formula is C11H12F3N5O2S. The minimum atomic E-state index is -4.58. The molecular weight excluding hydrogens is 323 g/mol. The van der Waals surface area contributed by atoms with E-state index in [2.05, 4.69) is 20.1 Å². The summed E-state index contributed by atoms with van der Waals surface area (Å²) in [5.41, 5.74) is -1.10. The van der Waals surface area contributed by atoms with Crippen LogP contribution in [0.2, 0.25) is 0 Å². The van der Waals surface area contributed by atoms with E-state index in [1.54, 1.807) is 0 Å². The van der Waals surface area contributed by atoms with Crippen LogP contribution >= 0.6 is 0 Å². The highest BCUT2D eigenvalue weighted by atomic mass is 32.2. The Morgan fingerprint density at radius 1 is 1.27 bits per heavy atom. The van der Waals surface area contributed by atoms with Gasteiger partial charge in [0.15, 0.2) is 0 Å². The van der Waals surface area contributed by atoms with Crippen LogP contribution in [0.5, 0.6) is 0 Å². The van der Waals surface area contributed by atoms with E-state index in [1.807, 2.05) is 0 Å². The van der Waals surface area contributed by atoms with Gasteiger partial charge in [-0.05, 0) is 23.8 Å². The van der Waals surface area contributed by atoms with Gasteiger partial charge in [-0.15, -0.1) is 5.10 Å². The molecule has 0 saturated carbocycles. The summed E-state index contributed by atoms with van der Waals surface area (Å²) in [6, 6.07) is 3.61. The number of hydrogen-bond donors (Lipinski definition) is 1. The summed E-state index contributed by atoms with van der Waals surface area (Å²) in [4.78, 5) is 0.933. The number of halogens is 3. The number of sulfonamides is 1. The molecule has 1 aromatic carbocycles. The van der Waals surface area contributed by atoms with Crippen molar-refractivity contribution >= 4 is 10.0 Å². The SMILES string of the molecule is CC(NS(=O)(=O)c1nnn(C)n1)c1ccccc1C(F)(F)F. The Morgan fingerprint density at radius 2 is 1.91 bits per heavy atom. The van der Waals surface area contributed by atoms with Gasteiger partial charge in [0.2, 0.25) is 0 Å². The minimum Gasteiger partial charge on any atom is -0.204 e. The molecule has 0 aliphatic carbocycles. The molecule has 2 aromatic rings. The molecule has 0 amide bonds. The summed E-state index contributed by atoms with van der Waals surface area (Å²) >= 11 is 0. The number of nitrogens with one attached hydrogen (secondary N) is 1. The van der Waals surface area contributed by atoms with E-state index < -0.39 is 33.0 Å². The van der Waals surface area contributed by atoms with Crippen molar-refractivity contribution in [3.05, 3.63) is 35.4 Å². The molecule has 7 nitrogen and oxygen atoms in total. The molecule has 11 heteroatoms. The molecule has 1 atom stereocenters. The standard InChI is InChI=1S/C11H12F3N5O2S/c1-7(8-5-3-4-6-9(8)11(12,13)14)17-22(20,21)10-15-18-19(2)16-10/h3-7,17H,1-2H3. The first-order valence-corrected chi connectivity index (χ1v) is 7.52. The molecule has 1 aromatic heterocycles. The van der Waals surface area contributed by atoms with E-state index in [-0.39, 0.29) is 5.56 Å². The second-order valence-electron chi connectivity index (χ2n) is 4.49. The van der Waals surface area contributed by atoms with Crippen molar-refractivity contribution < 1.29 is 21.6 Å². The molecule has 0 fully saturated rings. The van der Waals surface area contributed by atoms with E-state index in [0.717, 1.165) is 10.9 Å². The van der Waals surface area contributed by atoms with Crippen LogP contribution in [0, 0.1) is 0 Å². The minimum absolute atomic E-state index is 0.192. The quantitative estimate of drug-likeness (QED) is 0.909. The van der Waals surface area contributed by atoms with Crippen LogP contribution < -0.4 is 4.72 Å². The van der Waals surface area contributed by atoms with Gasteiger partial charge in [0.05, 0.1) is 12.6 Å². The lowest BCUT2D eigenvalue weighted by atomic mass is 10.0. The van der Waals surface area contributed by atoms with Crippen molar-refractivity contribution in [3.8, 4) is 0 Å². The average Bonchev–Trinajstić information content (AvgIpc) is 2.85. The lowest BCUT2D eigenvalue weighted by molar-refractivity contribution is -0.138. The van der Waals surface area contributed by atoms with Crippen LogP contribution in [0.4, 0.5) is 13.2 Å². The molecule has 120 valence electrons. The molecule has 1 unspecified atom stereocenters. The van der Waals surface area contributed by atoms with Crippen molar-refractivity contribution in [3.63, 3.8) is 0 Å². The van der Waals surface area contributed by atoms with Crippen molar-refractivity contribution in [2.24, 2.45) is 7.05 Å². The molecule has 2 rings (SSSR count). The Kier molecular flexibility index (Phi) is 4.20. The van der Waals surface area contributed by atoms with Gasteiger partial charge in [0.25, 0.3) is 10.0 Å². The summed E-state index contributed by atoms with van der Waals surface area (Å²) in [6.07, 6.45) is -4.58. The first-order chi connectivity index (χ1) is 10.1. The molecule has 0 spiro atoms. The zero-order valence-electron chi connectivity index (χ0n) is 11.5. The van der Waals surface area contributed by atoms with Gasteiger partial charge in [-0.2, -0.15) is 18.0 Å². The Bertz CT molecular complexity index is 772. The monoisotopic (exact) mass is 335 g/mol. The second kappa shape index (κ2) is 5.65. The number of aromatic nitrogens is 4. The summed E-state index contributed by atoms with van der Waals surface area (Å²) < 4.78 is 65.0. The Hall–Kier alpha value is -2.01. The number of aryl methyl sites for hydroxylation is 1. The second-order valence-corrected chi connectivity index (χ2v) is 6.10. The van der Waals surface area contributed by atoms with Gasteiger partial charge in [0.1, 0.15) is 0 Å². The summed E-state index contributed by atoms with van der Waals surface area (Å²) in [5, 5.41) is 9.63. The van der Waals surface area contributed by atoms with Crippen LogP contribution in [-0.4, -0.2) is 28.6 Å². The fourth-order valence-corrected chi connectivity index (χ4v) is 2.92. The summed E-state index contributed by atoms with van der Waals surface area (Å²) in [6.45, 7) is 1.30. The molecule has 0 aliphatic rings. The van der Waals surface area contributed by atoms with Crippen molar-refractivity contribution in [1.29, 1.82) is 0 Å².